The first-order chi connectivity index (χ1) is 10.8. The molecule has 2 N–H and O–H groups in total. The molecule has 1 aliphatic heterocycles. The molecule has 2 amide bonds. The Balaban J connectivity index is 1.98. The fourth-order valence-corrected chi connectivity index (χ4v) is 2.68. The van der Waals surface area contributed by atoms with Crippen molar-refractivity contribution < 1.29 is 14.6 Å². The highest BCUT2D eigenvalue weighted by atomic mass is 16.5. The Hall–Kier alpha value is -1.75. The second kappa shape index (κ2) is 7.21. The van der Waals surface area contributed by atoms with Crippen LogP contribution in [-0.4, -0.2) is 41.3 Å². The van der Waals surface area contributed by atoms with Gasteiger partial charge >= 0.3 is 6.03 Å². The number of hydrogen-bond acceptors (Lipinski definition) is 3. The van der Waals surface area contributed by atoms with Crippen molar-refractivity contribution >= 4 is 6.03 Å². The van der Waals surface area contributed by atoms with E-state index in [0.717, 1.165) is 23.3 Å². The van der Waals surface area contributed by atoms with Crippen molar-refractivity contribution in [1.82, 2.24) is 10.2 Å². The fourth-order valence-electron chi connectivity index (χ4n) is 2.68. The highest BCUT2D eigenvalue weighted by Gasteiger charge is 2.25. The Morgan fingerprint density at radius 2 is 2.17 bits per heavy atom. The Morgan fingerprint density at radius 3 is 2.78 bits per heavy atom. The molecule has 1 aromatic carbocycles. The van der Waals surface area contributed by atoms with Crippen LogP contribution in [0, 0.1) is 12.8 Å². The smallest absolute Gasteiger partial charge is 0.317 e. The van der Waals surface area contributed by atoms with Gasteiger partial charge in [0.05, 0.1) is 0 Å². The third-order valence-electron chi connectivity index (χ3n) is 3.90. The number of nitrogens with one attached hydrogen (secondary N) is 1. The van der Waals surface area contributed by atoms with Crippen LogP contribution in [0.4, 0.5) is 4.79 Å². The van der Waals surface area contributed by atoms with Crippen LogP contribution >= 0.6 is 0 Å². The number of aliphatic hydroxyl groups is 1. The SMILES string of the molecule is Cc1ccc(CNC(=O)N2CCC(CO)C2)c(OC(C)(C)C)c1. The topological polar surface area (TPSA) is 61.8 Å². The first-order valence-corrected chi connectivity index (χ1v) is 8.20. The lowest BCUT2D eigenvalue weighted by Gasteiger charge is -2.24. The minimum atomic E-state index is -0.282. The van der Waals surface area contributed by atoms with Gasteiger partial charge in [-0.2, -0.15) is 0 Å². The third-order valence-corrected chi connectivity index (χ3v) is 3.90. The van der Waals surface area contributed by atoms with Gasteiger partial charge < -0.3 is 20.1 Å². The van der Waals surface area contributed by atoms with Crippen LogP contribution in [0.15, 0.2) is 18.2 Å². The molecule has 1 atom stereocenters. The van der Waals surface area contributed by atoms with Crippen molar-refractivity contribution in [3.05, 3.63) is 29.3 Å². The normalized spacial score (nSPS) is 18.1. The average molecular weight is 320 g/mol. The molecule has 0 saturated carbocycles. The summed E-state index contributed by atoms with van der Waals surface area (Å²) in [6.45, 7) is 9.97. The van der Waals surface area contributed by atoms with E-state index in [4.69, 9.17) is 9.84 Å². The minimum Gasteiger partial charge on any atom is -0.488 e. The van der Waals surface area contributed by atoms with Crippen LogP contribution in [0.25, 0.3) is 0 Å². The van der Waals surface area contributed by atoms with E-state index in [9.17, 15) is 4.79 Å². The summed E-state index contributed by atoms with van der Waals surface area (Å²) in [4.78, 5) is 14.0. The summed E-state index contributed by atoms with van der Waals surface area (Å²) >= 11 is 0. The number of carbonyl (C=O) groups excluding carboxylic acids is 1. The van der Waals surface area contributed by atoms with E-state index in [1.165, 1.54) is 0 Å². The summed E-state index contributed by atoms with van der Waals surface area (Å²) in [5, 5.41) is 12.1. The summed E-state index contributed by atoms with van der Waals surface area (Å²) in [5.74, 6) is 1.02. The van der Waals surface area contributed by atoms with Crippen molar-refractivity contribution in [2.24, 2.45) is 5.92 Å². The second-order valence-corrected chi connectivity index (χ2v) is 7.27. The van der Waals surface area contributed by atoms with E-state index < -0.39 is 0 Å². The Kier molecular flexibility index (Phi) is 5.52. The van der Waals surface area contributed by atoms with Crippen molar-refractivity contribution in [1.29, 1.82) is 0 Å². The molecular weight excluding hydrogens is 292 g/mol. The number of hydrogen-bond donors (Lipinski definition) is 2. The molecule has 1 aromatic rings. The maximum Gasteiger partial charge on any atom is 0.317 e. The number of nitrogens with zero attached hydrogens (tertiary/aromatic N) is 1. The van der Waals surface area contributed by atoms with Crippen molar-refractivity contribution in [2.45, 2.75) is 46.3 Å². The van der Waals surface area contributed by atoms with Gasteiger partial charge in [0.25, 0.3) is 0 Å². The van der Waals surface area contributed by atoms with Gasteiger partial charge in [-0.15, -0.1) is 0 Å². The molecule has 1 aliphatic rings. The molecule has 1 unspecified atom stereocenters. The van der Waals surface area contributed by atoms with Crippen molar-refractivity contribution in [3.8, 4) is 5.75 Å². The standard InChI is InChI=1S/C18H28N2O3/c1-13-5-6-15(16(9-13)23-18(2,3)4)10-19-17(22)20-8-7-14(11-20)12-21/h5-6,9,14,21H,7-8,10-12H2,1-4H3,(H,19,22). The van der Waals surface area contributed by atoms with Gasteiger partial charge in [0.15, 0.2) is 0 Å². The van der Waals surface area contributed by atoms with Gasteiger partial charge in [0.2, 0.25) is 0 Å². The number of carbonyl (C=O) groups is 1. The number of rotatable bonds is 4. The van der Waals surface area contributed by atoms with Crippen LogP contribution in [-0.2, 0) is 6.54 Å². The lowest BCUT2D eigenvalue weighted by molar-refractivity contribution is 0.129. The zero-order valence-electron chi connectivity index (χ0n) is 14.6. The molecule has 1 fully saturated rings. The first kappa shape index (κ1) is 17.6. The van der Waals surface area contributed by atoms with Gasteiger partial charge in [0, 0.05) is 37.7 Å². The molecule has 23 heavy (non-hydrogen) atoms. The molecule has 2 rings (SSSR count). The lowest BCUT2D eigenvalue weighted by atomic mass is 10.1. The van der Waals surface area contributed by atoms with Crippen molar-refractivity contribution in [3.63, 3.8) is 0 Å². The largest absolute Gasteiger partial charge is 0.488 e. The summed E-state index contributed by atoms with van der Waals surface area (Å²) in [7, 11) is 0. The van der Waals surface area contributed by atoms with E-state index in [-0.39, 0.29) is 24.2 Å². The lowest BCUT2D eigenvalue weighted by Crippen LogP contribution is -2.38. The molecule has 0 aromatic heterocycles. The minimum absolute atomic E-state index is 0.0803. The predicted octanol–water partition coefficient (Wildman–Crippen LogP) is 2.70. The van der Waals surface area contributed by atoms with Crippen LogP contribution in [0.1, 0.15) is 38.3 Å². The zero-order chi connectivity index (χ0) is 17.0. The Bertz CT molecular complexity index is 552. The van der Waals surface area contributed by atoms with E-state index in [2.05, 4.69) is 5.32 Å². The zero-order valence-corrected chi connectivity index (χ0v) is 14.6. The molecule has 128 valence electrons. The van der Waals surface area contributed by atoms with Crippen LogP contribution in [0.2, 0.25) is 0 Å². The van der Waals surface area contributed by atoms with Crippen LogP contribution < -0.4 is 10.1 Å². The van der Waals surface area contributed by atoms with Crippen LogP contribution in [0.3, 0.4) is 0 Å². The fraction of sp³-hybridized carbons (Fsp3) is 0.611. The number of urea groups is 1. The molecular formula is C18H28N2O3. The Morgan fingerprint density at radius 1 is 1.43 bits per heavy atom. The van der Waals surface area contributed by atoms with Gasteiger partial charge in [0.1, 0.15) is 11.4 Å². The molecule has 0 spiro atoms. The maximum atomic E-state index is 12.2. The molecule has 0 aliphatic carbocycles. The van der Waals surface area contributed by atoms with E-state index >= 15 is 0 Å². The number of aliphatic hydroxyl groups excluding tert-OH is 1. The predicted molar refractivity (Wildman–Crippen MR) is 90.6 cm³/mol. The summed E-state index contributed by atoms with van der Waals surface area (Å²) in [6.07, 6.45) is 0.868. The summed E-state index contributed by atoms with van der Waals surface area (Å²) in [5.41, 5.74) is 1.82. The summed E-state index contributed by atoms with van der Waals surface area (Å²) in [6, 6.07) is 5.94. The maximum absolute atomic E-state index is 12.2. The molecule has 1 saturated heterocycles. The van der Waals surface area contributed by atoms with Gasteiger partial charge in [-0.05, 0) is 45.7 Å². The van der Waals surface area contributed by atoms with Gasteiger partial charge in [-0.1, -0.05) is 12.1 Å². The van der Waals surface area contributed by atoms with E-state index in [0.29, 0.717) is 19.6 Å². The third kappa shape index (κ3) is 5.13. The molecule has 1 heterocycles. The highest BCUT2D eigenvalue weighted by molar-refractivity contribution is 5.74. The Labute approximate surface area is 138 Å². The van der Waals surface area contributed by atoms with Gasteiger partial charge in [-0.25, -0.2) is 4.79 Å². The van der Waals surface area contributed by atoms with E-state index in [1.807, 2.05) is 45.9 Å². The number of aryl methyl sites for hydroxylation is 1. The monoisotopic (exact) mass is 320 g/mol. The van der Waals surface area contributed by atoms with E-state index in [1.54, 1.807) is 4.90 Å². The van der Waals surface area contributed by atoms with Crippen LogP contribution in [0.5, 0.6) is 5.75 Å². The molecule has 0 radical (unpaired) electrons. The number of ether oxygens (including phenoxy) is 1. The number of amides is 2. The first-order valence-electron chi connectivity index (χ1n) is 8.20. The van der Waals surface area contributed by atoms with Crippen molar-refractivity contribution in [2.75, 3.05) is 19.7 Å². The number of benzene rings is 1. The average Bonchev–Trinajstić information content (AvgIpc) is 2.93. The van der Waals surface area contributed by atoms with Gasteiger partial charge in [-0.3, -0.25) is 0 Å². The number of likely N-dealkylation sites (tertiary alicyclic amines) is 1. The molecule has 5 heteroatoms. The second-order valence-electron chi connectivity index (χ2n) is 7.27. The molecule has 0 bridgehead atoms. The quantitative estimate of drug-likeness (QED) is 0.896. The highest BCUT2D eigenvalue weighted by Crippen LogP contribution is 2.25. The molecule has 5 nitrogen and oxygen atoms in total. The summed E-state index contributed by atoms with van der Waals surface area (Å²) < 4.78 is 6.01.